The molecule has 0 aromatic heterocycles. The Morgan fingerprint density at radius 3 is 2.43 bits per heavy atom. The first-order valence-electron chi connectivity index (χ1n) is 6.05. The molecule has 0 atom stereocenters. The van der Waals surface area contributed by atoms with Gasteiger partial charge in [-0.25, -0.2) is 8.42 Å². The number of nitrogens with one attached hydrogen (secondary N) is 1. The topological polar surface area (TPSA) is 72.2 Å². The van der Waals surface area contributed by atoms with Crippen LogP contribution in [0.1, 0.15) is 11.1 Å². The summed E-state index contributed by atoms with van der Waals surface area (Å²) in [5.74, 6) is 0. The minimum atomic E-state index is -3.71. The van der Waals surface area contributed by atoms with Crippen molar-refractivity contribution in [3.63, 3.8) is 0 Å². The van der Waals surface area contributed by atoms with Crippen LogP contribution in [0.2, 0.25) is 0 Å². The summed E-state index contributed by atoms with van der Waals surface area (Å²) in [5, 5.41) is 0. The lowest BCUT2D eigenvalue weighted by atomic mass is 10.1. The van der Waals surface area contributed by atoms with Crippen LogP contribution in [-0.2, 0) is 10.0 Å². The number of rotatable bonds is 3. The van der Waals surface area contributed by atoms with E-state index in [1.165, 1.54) is 6.07 Å². The summed E-state index contributed by atoms with van der Waals surface area (Å²) in [4.78, 5) is 0.187. The van der Waals surface area contributed by atoms with E-state index in [0.29, 0.717) is 21.4 Å². The summed E-state index contributed by atoms with van der Waals surface area (Å²) in [6, 6.07) is 8.49. The van der Waals surface area contributed by atoms with Crippen LogP contribution in [0, 0.1) is 13.8 Å². The van der Waals surface area contributed by atoms with Crippen molar-refractivity contribution >= 4 is 53.3 Å². The Morgan fingerprint density at radius 2 is 1.76 bits per heavy atom. The SMILES string of the molecule is Cc1cc(N)cc(S(=O)(=O)Nc2cc(Br)ccc2Br)c1C. The van der Waals surface area contributed by atoms with Crippen molar-refractivity contribution in [3.8, 4) is 0 Å². The lowest BCUT2D eigenvalue weighted by molar-refractivity contribution is 0.600. The van der Waals surface area contributed by atoms with E-state index in [9.17, 15) is 8.42 Å². The van der Waals surface area contributed by atoms with Crippen LogP contribution in [0.5, 0.6) is 0 Å². The molecule has 2 aromatic carbocycles. The summed E-state index contributed by atoms with van der Waals surface area (Å²) in [7, 11) is -3.71. The van der Waals surface area contributed by atoms with Gasteiger partial charge in [0.1, 0.15) is 0 Å². The van der Waals surface area contributed by atoms with Crippen molar-refractivity contribution in [3.05, 3.63) is 50.4 Å². The molecule has 2 aromatic rings. The van der Waals surface area contributed by atoms with Crippen molar-refractivity contribution in [1.29, 1.82) is 0 Å². The standard InChI is InChI=1S/C14H14Br2N2O2S/c1-8-5-11(17)7-14(9(8)2)21(19,20)18-13-6-10(15)3-4-12(13)16/h3-7,18H,17H2,1-2H3. The lowest BCUT2D eigenvalue weighted by Crippen LogP contribution is -2.15. The number of halogens is 2. The van der Waals surface area contributed by atoms with Crippen molar-refractivity contribution in [2.45, 2.75) is 18.7 Å². The summed E-state index contributed by atoms with van der Waals surface area (Å²) in [6.07, 6.45) is 0. The molecule has 0 heterocycles. The average Bonchev–Trinajstić information content (AvgIpc) is 2.37. The molecule has 0 saturated carbocycles. The van der Waals surface area contributed by atoms with Crippen molar-refractivity contribution < 1.29 is 8.42 Å². The van der Waals surface area contributed by atoms with E-state index in [0.717, 1.165) is 10.0 Å². The van der Waals surface area contributed by atoms with Crippen molar-refractivity contribution in [2.24, 2.45) is 0 Å². The molecular weight excluding hydrogens is 420 g/mol. The molecule has 0 saturated heterocycles. The molecule has 0 aliphatic carbocycles. The van der Waals surface area contributed by atoms with Gasteiger partial charge in [0.25, 0.3) is 10.0 Å². The summed E-state index contributed by atoms with van der Waals surface area (Å²) >= 11 is 6.65. The maximum atomic E-state index is 12.6. The third kappa shape index (κ3) is 3.59. The van der Waals surface area contributed by atoms with Gasteiger partial charge in [-0.3, -0.25) is 4.72 Å². The van der Waals surface area contributed by atoms with Gasteiger partial charge in [-0.1, -0.05) is 15.9 Å². The summed E-state index contributed by atoms with van der Waals surface area (Å²) in [5.41, 5.74) is 8.17. The zero-order chi connectivity index (χ0) is 15.8. The second kappa shape index (κ2) is 5.98. The van der Waals surface area contributed by atoms with E-state index in [-0.39, 0.29) is 4.90 Å². The number of sulfonamides is 1. The van der Waals surface area contributed by atoms with Gasteiger partial charge < -0.3 is 5.73 Å². The van der Waals surface area contributed by atoms with E-state index in [1.807, 2.05) is 13.0 Å². The third-order valence-electron chi connectivity index (χ3n) is 3.10. The Balaban J connectivity index is 2.51. The zero-order valence-electron chi connectivity index (χ0n) is 11.4. The highest BCUT2D eigenvalue weighted by molar-refractivity contribution is 9.11. The van der Waals surface area contributed by atoms with E-state index in [2.05, 4.69) is 36.6 Å². The molecular formula is C14H14Br2N2O2S. The molecule has 0 radical (unpaired) electrons. The van der Waals surface area contributed by atoms with Crippen molar-refractivity contribution in [2.75, 3.05) is 10.5 Å². The molecule has 0 unspecified atom stereocenters. The Labute approximate surface area is 141 Å². The van der Waals surface area contributed by atoms with Crippen LogP contribution < -0.4 is 10.5 Å². The zero-order valence-corrected chi connectivity index (χ0v) is 15.4. The first-order valence-corrected chi connectivity index (χ1v) is 9.12. The fourth-order valence-electron chi connectivity index (χ4n) is 1.91. The number of aryl methyl sites for hydroxylation is 1. The number of hydrogen-bond donors (Lipinski definition) is 2. The highest BCUT2D eigenvalue weighted by Gasteiger charge is 2.20. The molecule has 21 heavy (non-hydrogen) atoms. The van der Waals surface area contributed by atoms with E-state index < -0.39 is 10.0 Å². The smallest absolute Gasteiger partial charge is 0.262 e. The maximum absolute atomic E-state index is 12.6. The van der Waals surface area contributed by atoms with Crippen LogP contribution in [-0.4, -0.2) is 8.42 Å². The molecule has 0 aliphatic rings. The fraction of sp³-hybridized carbons (Fsp3) is 0.143. The molecule has 0 spiro atoms. The molecule has 3 N–H and O–H groups in total. The Bertz CT molecular complexity index is 805. The van der Waals surface area contributed by atoms with Crippen molar-refractivity contribution in [1.82, 2.24) is 0 Å². The van der Waals surface area contributed by atoms with Crippen LogP contribution >= 0.6 is 31.9 Å². The number of hydrogen-bond acceptors (Lipinski definition) is 3. The number of nitrogens with two attached hydrogens (primary N) is 1. The minimum Gasteiger partial charge on any atom is -0.399 e. The molecule has 0 aliphatic heterocycles. The van der Waals surface area contributed by atoms with Gasteiger partial charge in [-0.2, -0.15) is 0 Å². The van der Waals surface area contributed by atoms with Gasteiger partial charge >= 0.3 is 0 Å². The maximum Gasteiger partial charge on any atom is 0.262 e. The van der Waals surface area contributed by atoms with Gasteiger partial charge in [0.15, 0.2) is 0 Å². The van der Waals surface area contributed by atoms with Crippen LogP contribution in [0.15, 0.2) is 44.2 Å². The van der Waals surface area contributed by atoms with Crippen LogP contribution in [0.3, 0.4) is 0 Å². The van der Waals surface area contributed by atoms with Gasteiger partial charge in [0.05, 0.1) is 10.6 Å². The largest absolute Gasteiger partial charge is 0.399 e. The normalized spacial score (nSPS) is 11.4. The monoisotopic (exact) mass is 432 g/mol. The first kappa shape index (κ1) is 16.3. The molecule has 0 bridgehead atoms. The van der Waals surface area contributed by atoms with Crippen LogP contribution in [0.4, 0.5) is 11.4 Å². The fourth-order valence-corrected chi connectivity index (χ4v) is 4.17. The van der Waals surface area contributed by atoms with Gasteiger partial charge in [-0.05, 0) is 71.2 Å². The Morgan fingerprint density at radius 1 is 1.10 bits per heavy atom. The number of benzene rings is 2. The summed E-state index contributed by atoms with van der Waals surface area (Å²) < 4.78 is 29.2. The lowest BCUT2D eigenvalue weighted by Gasteiger charge is -2.14. The predicted molar refractivity (Wildman–Crippen MR) is 93.0 cm³/mol. The molecule has 0 amide bonds. The number of anilines is 2. The molecule has 112 valence electrons. The number of nitrogen functional groups attached to an aromatic ring is 1. The second-order valence-corrected chi connectivity index (χ2v) is 8.11. The molecule has 7 heteroatoms. The highest BCUT2D eigenvalue weighted by atomic mass is 79.9. The second-order valence-electron chi connectivity index (χ2n) is 4.69. The predicted octanol–water partition coefficient (Wildman–Crippen LogP) is 4.21. The Hall–Kier alpha value is -1.05. The highest BCUT2D eigenvalue weighted by Crippen LogP contribution is 2.30. The average molecular weight is 434 g/mol. The quantitative estimate of drug-likeness (QED) is 0.712. The van der Waals surface area contributed by atoms with E-state index in [4.69, 9.17) is 5.73 Å². The molecule has 4 nitrogen and oxygen atoms in total. The van der Waals surface area contributed by atoms with E-state index in [1.54, 1.807) is 25.1 Å². The molecule has 2 rings (SSSR count). The minimum absolute atomic E-state index is 0.187. The third-order valence-corrected chi connectivity index (χ3v) is 5.78. The van der Waals surface area contributed by atoms with Gasteiger partial charge in [0, 0.05) is 14.6 Å². The van der Waals surface area contributed by atoms with E-state index >= 15 is 0 Å². The van der Waals surface area contributed by atoms with Crippen LogP contribution in [0.25, 0.3) is 0 Å². The van der Waals surface area contributed by atoms with Gasteiger partial charge in [0.2, 0.25) is 0 Å². The Kier molecular flexibility index (Phi) is 4.65. The van der Waals surface area contributed by atoms with Gasteiger partial charge in [-0.15, -0.1) is 0 Å². The summed E-state index contributed by atoms with van der Waals surface area (Å²) in [6.45, 7) is 3.60. The first-order chi connectivity index (χ1) is 9.70. The molecule has 0 fully saturated rings.